The highest BCUT2D eigenvalue weighted by molar-refractivity contribution is 5.76. The largest absolute Gasteiger partial charge is 0.460 e. The molecule has 0 bridgehead atoms. The summed E-state index contributed by atoms with van der Waals surface area (Å²) in [6.07, 6.45) is 9.66. The third-order valence-corrected chi connectivity index (χ3v) is 4.59. The van der Waals surface area contributed by atoms with Gasteiger partial charge in [-0.3, -0.25) is 0 Å². The molecule has 0 aromatic carbocycles. The molecule has 110 valence electrons. The minimum atomic E-state index is 0.356. The van der Waals surface area contributed by atoms with E-state index in [4.69, 9.17) is 4.74 Å². The number of aliphatic imine (C=N–C) groups is 1. The molecule has 0 N–H and O–H groups in total. The summed E-state index contributed by atoms with van der Waals surface area (Å²) < 4.78 is 6.17. The molecule has 1 aliphatic heterocycles. The van der Waals surface area contributed by atoms with E-state index in [0.29, 0.717) is 18.2 Å². The van der Waals surface area contributed by atoms with Crippen LogP contribution >= 0.6 is 0 Å². The highest BCUT2D eigenvalue weighted by Crippen LogP contribution is 2.32. The van der Waals surface area contributed by atoms with Crippen LogP contribution in [0.2, 0.25) is 0 Å². The van der Waals surface area contributed by atoms with Crippen LogP contribution in [0.25, 0.3) is 0 Å². The number of amidine groups is 1. The molecule has 0 aromatic rings. The Balaban J connectivity index is 2.15. The summed E-state index contributed by atoms with van der Waals surface area (Å²) in [5.74, 6) is 0.774. The van der Waals surface area contributed by atoms with Crippen molar-refractivity contribution in [2.75, 3.05) is 7.05 Å². The average molecular weight is 266 g/mol. The molecule has 2 rings (SSSR count). The Kier molecular flexibility index (Phi) is 5.12. The van der Waals surface area contributed by atoms with Crippen LogP contribution in [0.15, 0.2) is 4.99 Å². The van der Waals surface area contributed by atoms with Gasteiger partial charge in [-0.2, -0.15) is 0 Å². The van der Waals surface area contributed by atoms with Crippen molar-refractivity contribution >= 4 is 6.02 Å². The zero-order valence-corrected chi connectivity index (χ0v) is 13.1. The highest BCUT2D eigenvalue weighted by atomic mass is 16.5. The van der Waals surface area contributed by atoms with E-state index in [9.17, 15) is 0 Å². The monoisotopic (exact) mass is 266 g/mol. The molecule has 3 unspecified atom stereocenters. The first-order chi connectivity index (χ1) is 9.13. The Hall–Kier alpha value is -0.730. The van der Waals surface area contributed by atoms with Crippen molar-refractivity contribution in [1.29, 1.82) is 0 Å². The quantitative estimate of drug-likeness (QED) is 0.720. The first-order valence-corrected chi connectivity index (χ1v) is 8.05. The van der Waals surface area contributed by atoms with Crippen LogP contribution in [0.4, 0.5) is 0 Å². The lowest BCUT2D eigenvalue weighted by Gasteiger charge is -2.30. The first-order valence-electron chi connectivity index (χ1n) is 8.05. The van der Waals surface area contributed by atoms with Gasteiger partial charge in [0, 0.05) is 13.1 Å². The predicted octanol–water partition coefficient (Wildman–Crippen LogP) is 3.83. The normalized spacial score (nSPS) is 35.3. The molecule has 3 heteroatoms. The van der Waals surface area contributed by atoms with Gasteiger partial charge in [-0.1, -0.05) is 39.0 Å². The number of fused-ring (bicyclic) bond motifs is 1. The van der Waals surface area contributed by atoms with E-state index in [-0.39, 0.29) is 0 Å². The minimum Gasteiger partial charge on any atom is -0.460 e. The molecule has 0 amide bonds. The molecule has 0 radical (unpaired) electrons. The average Bonchev–Trinajstić information content (AvgIpc) is 2.72. The van der Waals surface area contributed by atoms with Crippen LogP contribution in [-0.2, 0) is 4.74 Å². The van der Waals surface area contributed by atoms with Crippen molar-refractivity contribution in [2.45, 2.75) is 83.9 Å². The molecule has 2 aliphatic rings. The smallest absolute Gasteiger partial charge is 0.287 e. The van der Waals surface area contributed by atoms with E-state index in [2.05, 4.69) is 30.7 Å². The van der Waals surface area contributed by atoms with Gasteiger partial charge in [0.05, 0.1) is 6.04 Å². The molecular weight excluding hydrogens is 236 g/mol. The Morgan fingerprint density at radius 2 is 1.84 bits per heavy atom. The van der Waals surface area contributed by atoms with Crippen LogP contribution in [0.3, 0.4) is 0 Å². The standard InChI is InChI=1S/C16H30N2O/c1-12(2)18-14-10-8-6-5-7-9-13(3)11-15(14)19-16(18)17-4/h12-15H,5-11H2,1-4H3. The minimum absolute atomic E-state index is 0.356. The van der Waals surface area contributed by atoms with Crippen molar-refractivity contribution in [2.24, 2.45) is 10.9 Å². The fraction of sp³-hybridized carbons (Fsp3) is 0.938. The van der Waals surface area contributed by atoms with E-state index in [1.807, 2.05) is 7.05 Å². The summed E-state index contributed by atoms with van der Waals surface area (Å²) >= 11 is 0. The lowest BCUT2D eigenvalue weighted by molar-refractivity contribution is 0.138. The summed E-state index contributed by atoms with van der Waals surface area (Å²) in [5.41, 5.74) is 0. The van der Waals surface area contributed by atoms with Crippen LogP contribution in [-0.4, -0.2) is 36.2 Å². The summed E-state index contributed by atoms with van der Waals surface area (Å²) in [6.45, 7) is 6.88. The van der Waals surface area contributed by atoms with Gasteiger partial charge >= 0.3 is 0 Å². The SMILES string of the molecule is CN=C1OC2CC(C)CCCCCCC2N1C(C)C. The summed E-state index contributed by atoms with van der Waals surface area (Å²) in [7, 11) is 1.85. The van der Waals surface area contributed by atoms with Crippen LogP contribution in [0, 0.1) is 5.92 Å². The van der Waals surface area contributed by atoms with Gasteiger partial charge in [-0.25, -0.2) is 4.99 Å². The fourth-order valence-electron chi connectivity index (χ4n) is 3.61. The maximum Gasteiger partial charge on any atom is 0.287 e. The number of ether oxygens (including phenoxy) is 1. The molecule has 0 spiro atoms. The molecule has 1 aliphatic carbocycles. The topological polar surface area (TPSA) is 24.8 Å². The molecule has 3 nitrogen and oxygen atoms in total. The molecule has 1 heterocycles. The van der Waals surface area contributed by atoms with Crippen LogP contribution in [0.1, 0.15) is 65.7 Å². The van der Waals surface area contributed by atoms with Crippen molar-refractivity contribution in [3.8, 4) is 0 Å². The zero-order chi connectivity index (χ0) is 13.8. The first kappa shape index (κ1) is 14.7. The molecule has 1 saturated carbocycles. The number of rotatable bonds is 1. The van der Waals surface area contributed by atoms with Gasteiger partial charge in [0.2, 0.25) is 0 Å². The molecule has 2 fully saturated rings. The predicted molar refractivity (Wildman–Crippen MR) is 80.5 cm³/mol. The van der Waals surface area contributed by atoms with Crippen LogP contribution < -0.4 is 0 Å². The zero-order valence-electron chi connectivity index (χ0n) is 13.1. The molecule has 1 saturated heterocycles. The highest BCUT2D eigenvalue weighted by Gasteiger charge is 2.41. The molecule has 0 aromatic heterocycles. The van der Waals surface area contributed by atoms with E-state index in [1.54, 1.807) is 0 Å². The van der Waals surface area contributed by atoms with Gasteiger partial charge in [-0.15, -0.1) is 0 Å². The van der Waals surface area contributed by atoms with Gasteiger partial charge in [0.15, 0.2) is 0 Å². The van der Waals surface area contributed by atoms with Crippen molar-refractivity contribution in [3.63, 3.8) is 0 Å². The number of hydrogen-bond acceptors (Lipinski definition) is 2. The second-order valence-corrected chi connectivity index (χ2v) is 6.56. The Labute approximate surface area is 118 Å². The second-order valence-electron chi connectivity index (χ2n) is 6.56. The molecule has 3 atom stereocenters. The lowest BCUT2D eigenvalue weighted by atomic mass is 9.89. The van der Waals surface area contributed by atoms with Crippen molar-refractivity contribution in [3.05, 3.63) is 0 Å². The van der Waals surface area contributed by atoms with E-state index < -0.39 is 0 Å². The molecular formula is C16H30N2O. The Morgan fingerprint density at radius 3 is 2.47 bits per heavy atom. The third-order valence-electron chi connectivity index (χ3n) is 4.59. The van der Waals surface area contributed by atoms with E-state index in [1.165, 1.54) is 44.9 Å². The third kappa shape index (κ3) is 3.43. The van der Waals surface area contributed by atoms with Gasteiger partial charge < -0.3 is 9.64 Å². The molecule has 19 heavy (non-hydrogen) atoms. The van der Waals surface area contributed by atoms with Gasteiger partial charge in [0.1, 0.15) is 6.10 Å². The maximum absolute atomic E-state index is 6.17. The number of hydrogen-bond donors (Lipinski definition) is 0. The fourth-order valence-corrected chi connectivity index (χ4v) is 3.61. The summed E-state index contributed by atoms with van der Waals surface area (Å²) in [6, 6.07) is 1.89. The Bertz CT molecular complexity index is 314. The van der Waals surface area contributed by atoms with Gasteiger partial charge in [0.25, 0.3) is 6.02 Å². The maximum atomic E-state index is 6.17. The lowest BCUT2D eigenvalue weighted by Crippen LogP contribution is -2.42. The Morgan fingerprint density at radius 1 is 1.16 bits per heavy atom. The van der Waals surface area contributed by atoms with Crippen molar-refractivity contribution in [1.82, 2.24) is 4.90 Å². The summed E-state index contributed by atoms with van der Waals surface area (Å²) in [5, 5.41) is 0. The summed E-state index contributed by atoms with van der Waals surface area (Å²) in [4.78, 5) is 6.78. The van der Waals surface area contributed by atoms with Gasteiger partial charge in [-0.05, 0) is 32.6 Å². The number of nitrogens with zero attached hydrogens (tertiary/aromatic N) is 2. The van der Waals surface area contributed by atoms with E-state index in [0.717, 1.165) is 11.9 Å². The van der Waals surface area contributed by atoms with E-state index >= 15 is 0 Å². The second kappa shape index (κ2) is 6.62. The van der Waals surface area contributed by atoms with Crippen molar-refractivity contribution < 1.29 is 4.74 Å². The van der Waals surface area contributed by atoms with Crippen LogP contribution in [0.5, 0.6) is 0 Å².